The van der Waals surface area contributed by atoms with Gasteiger partial charge in [0.15, 0.2) is 0 Å². The van der Waals surface area contributed by atoms with Crippen molar-refractivity contribution in [2.75, 3.05) is 6.54 Å². The molecule has 0 aromatic heterocycles. The lowest BCUT2D eigenvalue weighted by atomic mass is 9.85. The largest absolute Gasteiger partial charge is 0.481 e. The fourth-order valence-electron chi connectivity index (χ4n) is 2.09. The first kappa shape index (κ1) is 18.7. The van der Waals surface area contributed by atoms with Crippen LogP contribution in [0.1, 0.15) is 32.8 Å². The van der Waals surface area contributed by atoms with Gasteiger partial charge in [0.05, 0.1) is 24.9 Å². The third-order valence-electron chi connectivity index (χ3n) is 3.87. The summed E-state index contributed by atoms with van der Waals surface area (Å²) >= 11 is 0. The molecule has 1 aromatic carbocycles. The van der Waals surface area contributed by atoms with Crippen molar-refractivity contribution < 1.29 is 19.5 Å². The SMILES string of the molecule is CC(C)C(C)(CC(=O)O)NC(=O)CNC(=O)Cc1ccccc1. The average molecular weight is 320 g/mol. The Balaban J connectivity index is 2.49. The molecule has 0 aliphatic carbocycles. The number of hydrogen-bond donors (Lipinski definition) is 3. The summed E-state index contributed by atoms with van der Waals surface area (Å²) < 4.78 is 0. The molecule has 1 unspecified atom stereocenters. The van der Waals surface area contributed by atoms with Gasteiger partial charge in [0.2, 0.25) is 11.8 Å². The van der Waals surface area contributed by atoms with E-state index < -0.39 is 17.4 Å². The summed E-state index contributed by atoms with van der Waals surface area (Å²) in [5, 5.41) is 14.2. The third kappa shape index (κ3) is 6.50. The second kappa shape index (κ2) is 8.31. The van der Waals surface area contributed by atoms with Crippen LogP contribution in [0.5, 0.6) is 0 Å². The lowest BCUT2D eigenvalue weighted by Crippen LogP contribution is -2.53. The Morgan fingerprint density at radius 3 is 2.26 bits per heavy atom. The van der Waals surface area contributed by atoms with Gasteiger partial charge < -0.3 is 15.7 Å². The Bertz CT molecular complexity index is 557. The fourth-order valence-corrected chi connectivity index (χ4v) is 2.09. The number of carbonyl (C=O) groups is 3. The van der Waals surface area contributed by atoms with Crippen LogP contribution < -0.4 is 10.6 Å². The molecule has 6 nitrogen and oxygen atoms in total. The Morgan fingerprint density at radius 2 is 1.74 bits per heavy atom. The first-order valence-corrected chi connectivity index (χ1v) is 7.56. The number of nitrogens with one attached hydrogen (secondary N) is 2. The molecule has 0 heterocycles. The highest BCUT2D eigenvalue weighted by Gasteiger charge is 2.32. The van der Waals surface area contributed by atoms with Crippen molar-refractivity contribution in [3.8, 4) is 0 Å². The lowest BCUT2D eigenvalue weighted by molar-refractivity contribution is -0.139. The lowest BCUT2D eigenvalue weighted by Gasteiger charge is -2.33. The molecule has 6 heteroatoms. The Labute approximate surface area is 136 Å². The van der Waals surface area contributed by atoms with Crippen molar-refractivity contribution in [1.29, 1.82) is 0 Å². The summed E-state index contributed by atoms with van der Waals surface area (Å²) in [6.07, 6.45) is 0.0268. The molecule has 1 atom stereocenters. The predicted octanol–water partition coefficient (Wildman–Crippen LogP) is 1.35. The highest BCUT2D eigenvalue weighted by molar-refractivity contribution is 5.86. The number of hydrogen-bond acceptors (Lipinski definition) is 3. The van der Waals surface area contributed by atoms with E-state index in [2.05, 4.69) is 10.6 Å². The zero-order chi connectivity index (χ0) is 17.5. The Hall–Kier alpha value is -2.37. The summed E-state index contributed by atoms with van der Waals surface area (Å²) in [7, 11) is 0. The van der Waals surface area contributed by atoms with E-state index in [9.17, 15) is 14.4 Å². The number of aliphatic carboxylic acids is 1. The van der Waals surface area contributed by atoms with Crippen molar-refractivity contribution >= 4 is 17.8 Å². The van der Waals surface area contributed by atoms with Gasteiger partial charge in [-0.25, -0.2) is 0 Å². The Morgan fingerprint density at radius 1 is 1.13 bits per heavy atom. The van der Waals surface area contributed by atoms with Gasteiger partial charge in [-0.05, 0) is 18.4 Å². The molecule has 0 radical (unpaired) electrons. The van der Waals surface area contributed by atoms with Gasteiger partial charge in [-0.1, -0.05) is 44.2 Å². The minimum absolute atomic E-state index is 0.0532. The van der Waals surface area contributed by atoms with E-state index in [4.69, 9.17) is 5.11 Å². The Kier molecular flexibility index (Phi) is 6.75. The number of amides is 2. The van der Waals surface area contributed by atoms with Crippen LogP contribution in [0.4, 0.5) is 0 Å². The minimum Gasteiger partial charge on any atom is -0.481 e. The van der Waals surface area contributed by atoms with Gasteiger partial charge in [0.1, 0.15) is 0 Å². The minimum atomic E-state index is -0.977. The number of carboxylic acid groups (broad SMARTS) is 1. The molecule has 2 amide bonds. The molecule has 0 aliphatic heterocycles. The third-order valence-corrected chi connectivity index (χ3v) is 3.87. The van der Waals surface area contributed by atoms with E-state index in [1.54, 1.807) is 6.92 Å². The summed E-state index contributed by atoms with van der Waals surface area (Å²) in [6, 6.07) is 9.22. The highest BCUT2D eigenvalue weighted by atomic mass is 16.4. The monoisotopic (exact) mass is 320 g/mol. The molecule has 0 aliphatic rings. The van der Waals surface area contributed by atoms with Gasteiger partial charge in [-0.15, -0.1) is 0 Å². The van der Waals surface area contributed by atoms with Crippen LogP contribution in [-0.2, 0) is 20.8 Å². The second-order valence-corrected chi connectivity index (χ2v) is 6.13. The van der Waals surface area contributed by atoms with E-state index in [1.807, 2.05) is 44.2 Å². The molecule has 1 aromatic rings. The molecule has 0 spiro atoms. The first-order chi connectivity index (χ1) is 10.7. The van der Waals surface area contributed by atoms with Crippen molar-refractivity contribution in [3.05, 3.63) is 35.9 Å². The summed E-state index contributed by atoms with van der Waals surface area (Å²) in [6.45, 7) is 5.21. The summed E-state index contributed by atoms with van der Waals surface area (Å²) in [5.74, 6) is -1.68. The number of benzene rings is 1. The van der Waals surface area contributed by atoms with Crippen molar-refractivity contribution in [3.63, 3.8) is 0 Å². The summed E-state index contributed by atoms with van der Waals surface area (Å²) in [5.41, 5.74) is 0.0101. The zero-order valence-electron chi connectivity index (χ0n) is 13.8. The van der Waals surface area contributed by atoms with Gasteiger partial charge in [0, 0.05) is 0 Å². The van der Waals surface area contributed by atoms with E-state index in [0.29, 0.717) is 0 Å². The summed E-state index contributed by atoms with van der Waals surface area (Å²) in [4.78, 5) is 34.7. The maximum Gasteiger partial charge on any atom is 0.305 e. The van der Waals surface area contributed by atoms with Gasteiger partial charge >= 0.3 is 5.97 Å². The standard InChI is InChI=1S/C17H24N2O4/c1-12(2)17(3,10-16(22)23)19-15(21)11-18-14(20)9-13-7-5-4-6-8-13/h4-8,12H,9-11H2,1-3H3,(H,18,20)(H,19,21)(H,22,23). The van der Waals surface area contributed by atoms with Gasteiger partial charge in [0.25, 0.3) is 0 Å². The van der Waals surface area contributed by atoms with Crippen LogP contribution in [0.25, 0.3) is 0 Å². The fraction of sp³-hybridized carbons (Fsp3) is 0.471. The molecule has 1 rings (SSSR count). The van der Waals surface area contributed by atoms with Crippen LogP contribution in [0, 0.1) is 5.92 Å². The van der Waals surface area contributed by atoms with Crippen molar-refractivity contribution in [2.24, 2.45) is 5.92 Å². The van der Waals surface area contributed by atoms with Crippen LogP contribution in [0.15, 0.2) is 30.3 Å². The number of carbonyl (C=O) groups excluding carboxylic acids is 2. The highest BCUT2D eigenvalue weighted by Crippen LogP contribution is 2.20. The van der Waals surface area contributed by atoms with Crippen LogP contribution in [0.3, 0.4) is 0 Å². The maximum absolute atomic E-state index is 12.0. The molecule has 126 valence electrons. The molecule has 0 saturated carbocycles. The zero-order valence-corrected chi connectivity index (χ0v) is 13.8. The average Bonchev–Trinajstić information content (AvgIpc) is 2.45. The van der Waals surface area contributed by atoms with E-state index >= 15 is 0 Å². The van der Waals surface area contributed by atoms with Crippen LogP contribution in [-0.4, -0.2) is 35.0 Å². The topological polar surface area (TPSA) is 95.5 Å². The van der Waals surface area contributed by atoms with Gasteiger partial charge in [-0.2, -0.15) is 0 Å². The smallest absolute Gasteiger partial charge is 0.305 e. The number of carboxylic acids is 1. The number of rotatable bonds is 8. The van der Waals surface area contributed by atoms with E-state index in [0.717, 1.165) is 5.56 Å². The second-order valence-electron chi connectivity index (χ2n) is 6.13. The molecule has 0 saturated heterocycles. The molecule has 3 N–H and O–H groups in total. The van der Waals surface area contributed by atoms with E-state index in [1.165, 1.54) is 0 Å². The molecular formula is C17H24N2O4. The molecular weight excluding hydrogens is 296 g/mol. The first-order valence-electron chi connectivity index (χ1n) is 7.56. The molecule has 0 bridgehead atoms. The van der Waals surface area contributed by atoms with Crippen LogP contribution >= 0.6 is 0 Å². The van der Waals surface area contributed by atoms with Crippen molar-refractivity contribution in [1.82, 2.24) is 10.6 Å². The quantitative estimate of drug-likeness (QED) is 0.674. The van der Waals surface area contributed by atoms with Gasteiger partial charge in [-0.3, -0.25) is 14.4 Å². The van der Waals surface area contributed by atoms with Crippen LogP contribution in [0.2, 0.25) is 0 Å². The predicted molar refractivity (Wildman–Crippen MR) is 86.8 cm³/mol. The van der Waals surface area contributed by atoms with E-state index in [-0.39, 0.29) is 31.2 Å². The normalized spacial score (nSPS) is 13.2. The molecule has 23 heavy (non-hydrogen) atoms. The molecule has 0 fully saturated rings. The van der Waals surface area contributed by atoms with Crippen molar-refractivity contribution in [2.45, 2.75) is 39.2 Å². The maximum atomic E-state index is 12.0.